The fourth-order valence-corrected chi connectivity index (χ4v) is 18.7. The smallest absolute Gasteiger partial charge is 0.269 e. The van der Waals surface area contributed by atoms with Gasteiger partial charge in [0.25, 0.3) is 6.33 Å². The highest BCUT2D eigenvalue weighted by Crippen LogP contribution is 2.68. The van der Waals surface area contributed by atoms with Crippen LogP contribution in [0.5, 0.6) is 11.5 Å². The number of fused-ring (bicyclic) bond motifs is 6. The van der Waals surface area contributed by atoms with Crippen molar-refractivity contribution in [3.05, 3.63) is 245 Å². The van der Waals surface area contributed by atoms with Crippen molar-refractivity contribution in [2.75, 3.05) is 0 Å². The van der Waals surface area contributed by atoms with Crippen molar-refractivity contribution < 1.29 is 9.30 Å². The number of hydrogen-bond donors (Lipinski definition) is 0. The van der Waals surface area contributed by atoms with Gasteiger partial charge < -0.3 is 4.74 Å². The van der Waals surface area contributed by atoms with Crippen LogP contribution < -0.4 is 9.30 Å². The van der Waals surface area contributed by atoms with Gasteiger partial charge in [-0.15, -0.1) is 0 Å². The second-order valence-corrected chi connectivity index (χ2v) is 31.8. The third-order valence-electron chi connectivity index (χ3n) is 23.8. The maximum Gasteiger partial charge on any atom is 0.269 e. The van der Waals surface area contributed by atoms with Gasteiger partial charge in [0.15, 0.2) is 0 Å². The minimum atomic E-state index is -0.0307. The van der Waals surface area contributed by atoms with Crippen LogP contribution in [-0.4, -0.2) is 14.1 Å². The number of benzene rings is 9. The highest BCUT2D eigenvalue weighted by atomic mass is 16.5. The number of aromatic nitrogens is 4. The van der Waals surface area contributed by atoms with E-state index in [0.29, 0.717) is 0 Å². The summed E-state index contributed by atoms with van der Waals surface area (Å²) < 4.78 is 14.0. The molecule has 5 heteroatoms. The molecule has 0 amide bonds. The van der Waals surface area contributed by atoms with Gasteiger partial charge in [-0.2, -0.15) is 0 Å². The van der Waals surface area contributed by atoms with Crippen molar-refractivity contribution >= 4 is 32.8 Å². The molecule has 5 nitrogen and oxygen atoms in total. The van der Waals surface area contributed by atoms with E-state index in [9.17, 15) is 0 Å². The van der Waals surface area contributed by atoms with E-state index in [-0.39, 0.29) is 37.9 Å². The molecule has 2 unspecified atom stereocenters. The van der Waals surface area contributed by atoms with Crippen LogP contribution in [0.25, 0.3) is 94.5 Å². The lowest BCUT2D eigenvalue weighted by Crippen LogP contribution is -2.42. The number of pyridine rings is 1. The minimum Gasteiger partial charge on any atom is -0.458 e. The van der Waals surface area contributed by atoms with E-state index in [0.717, 1.165) is 69.0 Å². The van der Waals surface area contributed by atoms with Crippen molar-refractivity contribution in [1.29, 1.82) is 0 Å². The van der Waals surface area contributed by atoms with Crippen LogP contribution in [0.15, 0.2) is 188 Å². The largest absolute Gasteiger partial charge is 0.458 e. The lowest BCUT2D eigenvalue weighted by Gasteiger charge is -2.49. The summed E-state index contributed by atoms with van der Waals surface area (Å²) in [7, 11) is 0. The Kier molecular flexibility index (Phi) is 11.2. The fourth-order valence-electron chi connectivity index (χ4n) is 18.7. The fraction of sp³-hybridized carbons (Fsp3) is 0.302. The molecule has 2 spiro atoms. The van der Waals surface area contributed by atoms with Crippen molar-refractivity contribution in [2.45, 2.75) is 165 Å². The average molecular weight is 1190 g/mol. The molecule has 3 heterocycles. The first-order chi connectivity index (χ1) is 43.6. The number of hydrogen-bond acceptors (Lipinski definition) is 2. The van der Waals surface area contributed by atoms with Crippen molar-refractivity contribution in [3.63, 3.8) is 0 Å². The summed E-state index contributed by atoms with van der Waals surface area (Å²) in [5.41, 5.74) is 31.2. The Balaban J connectivity index is 0.842. The minimum absolute atomic E-state index is 0.00860. The van der Waals surface area contributed by atoms with Crippen LogP contribution in [0, 0.1) is 6.33 Å². The lowest BCUT2D eigenvalue weighted by molar-refractivity contribution is -0.571. The maximum atomic E-state index is 7.00. The van der Waals surface area contributed by atoms with Gasteiger partial charge in [-0.1, -0.05) is 191 Å². The molecule has 0 radical (unpaired) electrons. The quantitative estimate of drug-likeness (QED) is 0.118. The van der Waals surface area contributed by atoms with Crippen LogP contribution in [0.4, 0.5) is 0 Å². The predicted octanol–water partition coefficient (Wildman–Crippen LogP) is 21.4. The zero-order valence-electron chi connectivity index (χ0n) is 54.8. The molecular formula is C86H80N4O. The maximum absolute atomic E-state index is 7.00. The van der Waals surface area contributed by atoms with Crippen LogP contribution in [0.2, 0.25) is 0 Å². The summed E-state index contributed by atoms with van der Waals surface area (Å²) in [4.78, 5) is 4.97. The zero-order valence-corrected chi connectivity index (χ0v) is 54.8. The van der Waals surface area contributed by atoms with Crippen molar-refractivity contribution in [3.8, 4) is 73.2 Å². The highest BCUT2D eigenvalue weighted by molar-refractivity contribution is 6.09. The number of para-hydroxylation sites is 4. The van der Waals surface area contributed by atoms with Crippen LogP contribution >= 0.6 is 0 Å². The van der Waals surface area contributed by atoms with Crippen LogP contribution in [0.1, 0.15) is 178 Å². The Labute approximate surface area is 536 Å². The lowest BCUT2D eigenvalue weighted by atomic mass is 9.54. The summed E-state index contributed by atoms with van der Waals surface area (Å²) >= 11 is 0. The molecule has 0 fully saturated rings. The number of imidazole rings is 1. The van der Waals surface area contributed by atoms with Gasteiger partial charge in [0.05, 0.1) is 33.4 Å². The van der Waals surface area contributed by atoms with E-state index in [1.165, 1.54) is 105 Å². The molecule has 450 valence electrons. The monoisotopic (exact) mass is 1180 g/mol. The molecule has 9 aromatic carbocycles. The molecule has 18 rings (SSSR count). The van der Waals surface area contributed by atoms with Gasteiger partial charge >= 0.3 is 0 Å². The van der Waals surface area contributed by atoms with Gasteiger partial charge in [-0.3, -0.25) is 13.7 Å². The third-order valence-corrected chi connectivity index (χ3v) is 23.8. The Morgan fingerprint density at radius 3 is 1.54 bits per heavy atom. The Bertz CT molecular complexity index is 4990. The molecule has 2 atom stereocenters. The summed E-state index contributed by atoms with van der Waals surface area (Å²) in [6, 6.07) is 69.2. The summed E-state index contributed by atoms with van der Waals surface area (Å²) in [6.45, 7) is 26.8. The average Bonchev–Trinajstić information content (AvgIpc) is 1.54. The van der Waals surface area contributed by atoms with Crippen LogP contribution in [0.3, 0.4) is 0 Å². The van der Waals surface area contributed by atoms with Crippen molar-refractivity contribution in [2.24, 2.45) is 0 Å². The molecule has 0 aliphatic heterocycles. The van der Waals surface area contributed by atoms with Gasteiger partial charge in [0, 0.05) is 33.9 Å². The summed E-state index contributed by atoms with van der Waals surface area (Å²) in [5.74, 6) is 2.40. The van der Waals surface area contributed by atoms with E-state index < -0.39 is 0 Å². The molecule has 91 heavy (non-hydrogen) atoms. The van der Waals surface area contributed by atoms with Gasteiger partial charge in [-0.25, -0.2) is 4.98 Å². The zero-order chi connectivity index (χ0) is 62.1. The standard InChI is InChI=1S/C86H80N4O/c1-80(2,3)54-34-43-87-74(48-54)90-70-29-13-12-22-60(70)61-33-32-57(50-73(61)90)91-56-21-16-20-55(49-56)88-51-89(72-31-15-14-30-71(72)88)79-58(52-44-64-62-25-18-27-66-75(62)85(39-35-81(66,4)5)41-37-83(8,9)68(46-52)77(64)85)23-17-24-59(79)53-45-65-63-26-19-28-67-76(63)86(40-36-82(67,6)7)42-38-84(10,11)69(47-53)78(65)86/h12-34,43-50H,35-42H2,1-11H3. The Morgan fingerprint density at radius 2 is 0.934 bits per heavy atom. The molecule has 0 bridgehead atoms. The van der Waals surface area contributed by atoms with E-state index >= 15 is 0 Å². The highest BCUT2D eigenvalue weighted by Gasteiger charge is 2.56. The van der Waals surface area contributed by atoms with Crippen molar-refractivity contribution in [1.82, 2.24) is 14.1 Å². The Morgan fingerprint density at radius 1 is 0.429 bits per heavy atom. The molecule has 12 aromatic rings. The first-order valence-electron chi connectivity index (χ1n) is 33.7. The molecule has 6 aliphatic rings. The summed E-state index contributed by atoms with van der Waals surface area (Å²) in [6.07, 6.45) is 15.5. The summed E-state index contributed by atoms with van der Waals surface area (Å²) in [5, 5.41) is 2.34. The van der Waals surface area contributed by atoms with Gasteiger partial charge in [-0.05, 0) is 234 Å². The first-order valence-corrected chi connectivity index (χ1v) is 33.7. The molecule has 3 aromatic heterocycles. The Hall–Kier alpha value is -8.80. The van der Waals surface area contributed by atoms with E-state index in [1.807, 2.05) is 6.20 Å². The third kappa shape index (κ3) is 7.64. The molecular weight excluding hydrogens is 1100 g/mol. The molecule has 0 saturated heterocycles. The SMILES string of the molecule is CC(C)(C)c1ccnc(-n2c3ccccc3c3ccc(Oc4cccc(-n5[c-][n+](-c6c(-c7cc8c9c(c7)C(C)(C)CCC97CCC(C)(C)c9cccc-8c97)cccc6-c6cc7c8c(c6)C(C)(C)CCC86CCC(C)(C)c8cccc-7c86)c6ccccc65)c4)cc32)c1. The van der Waals surface area contributed by atoms with E-state index in [2.05, 4.69) is 278 Å². The first kappa shape index (κ1) is 55.1. The molecule has 0 N–H and O–H groups in total. The van der Waals surface area contributed by atoms with Crippen LogP contribution in [-0.2, 0) is 37.9 Å². The predicted molar refractivity (Wildman–Crippen MR) is 373 cm³/mol. The second-order valence-electron chi connectivity index (χ2n) is 31.8. The van der Waals surface area contributed by atoms with Gasteiger partial charge in [0.1, 0.15) is 17.3 Å². The number of rotatable bonds is 7. The van der Waals surface area contributed by atoms with E-state index in [4.69, 9.17) is 9.72 Å². The topological polar surface area (TPSA) is 35.9 Å². The molecule has 0 saturated carbocycles. The van der Waals surface area contributed by atoms with Gasteiger partial charge in [0.2, 0.25) is 0 Å². The number of nitrogens with zero attached hydrogens (tertiary/aromatic N) is 4. The number of ether oxygens (including phenoxy) is 1. The van der Waals surface area contributed by atoms with E-state index in [1.54, 1.807) is 33.4 Å². The second kappa shape index (κ2) is 18.5. The molecule has 6 aliphatic carbocycles. The normalized spacial score (nSPS) is 20.6.